The molecule has 176 valence electrons. The maximum atomic E-state index is 12.9. The van der Waals surface area contributed by atoms with Crippen LogP contribution in [0.25, 0.3) is 15.9 Å². The van der Waals surface area contributed by atoms with Gasteiger partial charge in [0, 0.05) is 18.3 Å². The SMILES string of the molecule is [C-]#[N+]c1ccc2ncn(C[C@@]3(C)CCC[C@]4(CN(c5ccc(C(C)(C)O)cn5)C(=O)O4)C3)c2c1. The van der Waals surface area contributed by atoms with Crippen LogP contribution in [-0.2, 0) is 16.9 Å². The van der Waals surface area contributed by atoms with Gasteiger partial charge in [-0.2, -0.15) is 0 Å². The lowest BCUT2D eigenvalue weighted by atomic mass is 9.68. The fraction of sp³-hybridized carbons (Fsp3) is 0.462. The highest BCUT2D eigenvalue weighted by Gasteiger charge is 2.52. The Hall–Kier alpha value is -3.44. The first kappa shape index (κ1) is 22.4. The average Bonchev–Trinajstić information content (AvgIpc) is 3.32. The van der Waals surface area contributed by atoms with Gasteiger partial charge in [-0.15, -0.1) is 0 Å². The molecule has 1 spiro atoms. The number of anilines is 1. The third-order valence-corrected chi connectivity index (χ3v) is 7.15. The summed E-state index contributed by atoms with van der Waals surface area (Å²) in [5, 5.41) is 10.2. The van der Waals surface area contributed by atoms with Crippen molar-refractivity contribution in [3.8, 4) is 0 Å². The molecule has 1 aliphatic heterocycles. The predicted octanol–water partition coefficient (Wildman–Crippen LogP) is 5.19. The molecule has 2 aliphatic rings. The molecule has 0 unspecified atom stereocenters. The normalized spacial score (nSPS) is 25.0. The Kier molecular flexibility index (Phi) is 5.14. The Balaban J connectivity index is 1.36. The summed E-state index contributed by atoms with van der Waals surface area (Å²) >= 11 is 0. The van der Waals surface area contributed by atoms with Gasteiger partial charge in [-0.1, -0.05) is 19.1 Å². The molecule has 2 atom stereocenters. The second-order valence-electron chi connectivity index (χ2n) is 10.6. The van der Waals surface area contributed by atoms with E-state index in [9.17, 15) is 9.90 Å². The number of pyridine rings is 1. The highest BCUT2D eigenvalue weighted by atomic mass is 16.6. The zero-order chi connectivity index (χ0) is 24.1. The van der Waals surface area contributed by atoms with Gasteiger partial charge >= 0.3 is 6.09 Å². The molecule has 3 aromatic rings. The largest absolute Gasteiger partial charge is 0.441 e. The number of hydrogen-bond acceptors (Lipinski definition) is 5. The molecule has 3 heterocycles. The predicted molar refractivity (Wildman–Crippen MR) is 129 cm³/mol. The lowest BCUT2D eigenvalue weighted by Crippen LogP contribution is -2.45. The molecule has 1 aliphatic carbocycles. The van der Waals surface area contributed by atoms with Gasteiger partial charge in [0.25, 0.3) is 0 Å². The first-order valence-electron chi connectivity index (χ1n) is 11.6. The Morgan fingerprint density at radius 3 is 2.76 bits per heavy atom. The fourth-order valence-electron chi connectivity index (χ4n) is 5.51. The zero-order valence-electron chi connectivity index (χ0n) is 19.8. The van der Waals surface area contributed by atoms with Crippen LogP contribution in [0.1, 0.15) is 52.0 Å². The third kappa shape index (κ3) is 4.01. The van der Waals surface area contributed by atoms with Crippen molar-refractivity contribution in [2.75, 3.05) is 11.4 Å². The summed E-state index contributed by atoms with van der Waals surface area (Å²) in [6.07, 6.45) is 6.62. The van der Waals surface area contributed by atoms with Gasteiger partial charge in [0.05, 0.1) is 36.1 Å². The van der Waals surface area contributed by atoms with Crippen molar-refractivity contribution in [3.63, 3.8) is 0 Å². The van der Waals surface area contributed by atoms with E-state index in [1.165, 1.54) is 0 Å². The van der Waals surface area contributed by atoms with E-state index in [-0.39, 0.29) is 11.5 Å². The van der Waals surface area contributed by atoms with E-state index in [0.717, 1.165) is 43.3 Å². The molecule has 2 aromatic heterocycles. The van der Waals surface area contributed by atoms with Crippen LogP contribution >= 0.6 is 0 Å². The van der Waals surface area contributed by atoms with Crippen LogP contribution in [-0.4, -0.2) is 37.9 Å². The summed E-state index contributed by atoms with van der Waals surface area (Å²) in [5.41, 5.74) is 1.49. The minimum Gasteiger partial charge on any atom is -0.441 e. The maximum Gasteiger partial charge on any atom is 0.416 e. The van der Waals surface area contributed by atoms with Gasteiger partial charge in [0.1, 0.15) is 11.4 Å². The van der Waals surface area contributed by atoms with Crippen molar-refractivity contribution >= 4 is 28.6 Å². The van der Waals surface area contributed by atoms with E-state index in [2.05, 4.69) is 26.3 Å². The number of ether oxygens (including phenoxy) is 1. The molecule has 1 aromatic carbocycles. The molecule has 1 saturated carbocycles. The van der Waals surface area contributed by atoms with Crippen LogP contribution in [0.3, 0.4) is 0 Å². The topological polar surface area (TPSA) is 84.8 Å². The minimum absolute atomic E-state index is 0.0888. The number of amides is 1. The third-order valence-electron chi connectivity index (χ3n) is 7.15. The van der Waals surface area contributed by atoms with E-state index in [1.807, 2.05) is 18.5 Å². The van der Waals surface area contributed by atoms with Crippen LogP contribution in [0.15, 0.2) is 42.9 Å². The van der Waals surface area contributed by atoms with Crippen molar-refractivity contribution < 1.29 is 14.6 Å². The molecular weight excluding hydrogens is 430 g/mol. The molecule has 0 bridgehead atoms. The summed E-state index contributed by atoms with van der Waals surface area (Å²) in [6, 6.07) is 9.13. The Morgan fingerprint density at radius 1 is 1.24 bits per heavy atom. The smallest absolute Gasteiger partial charge is 0.416 e. The quantitative estimate of drug-likeness (QED) is 0.543. The molecule has 1 amide bonds. The molecule has 8 heteroatoms. The lowest BCUT2D eigenvalue weighted by molar-refractivity contribution is -0.0264. The Bertz CT molecular complexity index is 1290. The first-order valence-corrected chi connectivity index (χ1v) is 11.6. The molecule has 2 fully saturated rings. The van der Waals surface area contributed by atoms with E-state index >= 15 is 0 Å². The van der Waals surface area contributed by atoms with E-state index < -0.39 is 11.2 Å². The molecule has 34 heavy (non-hydrogen) atoms. The first-order chi connectivity index (χ1) is 16.1. The van der Waals surface area contributed by atoms with Crippen LogP contribution in [0.5, 0.6) is 0 Å². The highest BCUT2D eigenvalue weighted by molar-refractivity contribution is 5.89. The Labute approximate surface area is 199 Å². The summed E-state index contributed by atoms with van der Waals surface area (Å²) in [6.45, 7) is 14.2. The van der Waals surface area contributed by atoms with Crippen LogP contribution in [0.2, 0.25) is 0 Å². The number of benzene rings is 1. The molecule has 0 radical (unpaired) electrons. The van der Waals surface area contributed by atoms with Crippen molar-refractivity contribution in [1.29, 1.82) is 0 Å². The van der Waals surface area contributed by atoms with Crippen molar-refractivity contribution in [3.05, 3.63) is 59.8 Å². The van der Waals surface area contributed by atoms with Gasteiger partial charge in [-0.3, -0.25) is 4.90 Å². The van der Waals surface area contributed by atoms with E-state index in [0.29, 0.717) is 23.6 Å². The van der Waals surface area contributed by atoms with Gasteiger partial charge in [-0.05, 0) is 63.1 Å². The summed E-state index contributed by atoms with van der Waals surface area (Å²) < 4.78 is 8.15. The molecule has 1 saturated heterocycles. The summed E-state index contributed by atoms with van der Waals surface area (Å²) in [7, 11) is 0. The summed E-state index contributed by atoms with van der Waals surface area (Å²) in [5.74, 6) is 0.537. The lowest BCUT2D eigenvalue weighted by Gasteiger charge is -2.43. The fourth-order valence-corrected chi connectivity index (χ4v) is 5.51. The average molecular weight is 460 g/mol. The zero-order valence-corrected chi connectivity index (χ0v) is 19.8. The van der Waals surface area contributed by atoms with Gasteiger partial charge in [0.2, 0.25) is 0 Å². The van der Waals surface area contributed by atoms with Crippen molar-refractivity contribution in [2.45, 2.75) is 64.2 Å². The minimum atomic E-state index is -0.990. The standard InChI is InChI=1S/C26H29N5O3/c1-24(2,33)18-6-9-22(28-13-18)31-16-26(34-23(31)32)11-5-10-25(3,14-26)15-30-17-29-20-8-7-19(27-4)12-21(20)30/h6-9,12-13,17,33H,5,10-11,14-16H2,1-3H3/t25-,26+/m0/s1. The number of hydrogen-bond donors (Lipinski definition) is 1. The van der Waals surface area contributed by atoms with Crippen LogP contribution in [0.4, 0.5) is 16.3 Å². The molecular formula is C26H29N5O3. The number of carbonyl (C=O) groups is 1. The van der Waals surface area contributed by atoms with Crippen LogP contribution in [0, 0.1) is 12.0 Å². The second-order valence-corrected chi connectivity index (χ2v) is 10.6. The highest BCUT2D eigenvalue weighted by Crippen LogP contribution is 2.48. The number of nitrogens with zero attached hydrogens (tertiary/aromatic N) is 5. The van der Waals surface area contributed by atoms with Gasteiger partial charge in [0.15, 0.2) is 5.69 Å². The molecule has 8 nitrogen and oxygen atoms in total. The van der Waals surface area contributed by atoms with Gasteiger partial charge in [-0.25, -0.2) is 19.6 Å². The number of aliphatic hydroxyl groups is 1. The molecule has 5 rings (SSSR count). The van der Waals surface area contributed by atoms with E-state index in [4.69, 9.17) is 11.3 Å². The molecule has 1 N–H and O–H groups in total. The number of fused-ring (bicyclic) bond motifs is 1. The number of carbonyl (C=O) groups excluding carboxylic acids is 1. The monoisotopic (exact) mass is 459 g/mol. The number of aromatic nitrogens is 3. The number of rotatable bonds is 4. The second kappa shape index (κ2) is 7.81. The van der Waals surface area contributed by atoms with Gasteiger partial charge < -0.3 is 14.4 Å². The van der Waals surface area contributed by atoms with E-state index in [1.54, 1.807) is 43.1 Å². The maximum absolute atomic E-state index is 12.9. The Morgan fingerprint density at radius 2 is 2.06 bits per heavy atom. The summed E-state index contributed by atoms with van der Waals surface area (Å²) in [4.78, 5) is 27.0. The van der Waals surface area contributed by atoms with Crippen molar-refractivity contribution in [2.24, 2.45) is 5.41 Å². The number of imidazole rings is 1. The van der Waals surface area contributed by atoms with Crippen LogP contribution < -0.4 is 4.90 Å². The van der Waals surface area contributed by atoms with Crippen molar-refractivity contribution in [1.82, 2.24) is 14.5 Å².